The lowest BCUT2D eigenvalue weighted by molar-refractivity contribution is 0.673. The van der Waals surface area contributed by atoms with Gasteiger partial charge in [-0.3, -0.25) is 0 Å². The zero-order valence-electron chi connectivity index (χ0n) is 34.1. The van der Waals surface area contributed by atoms with E-state index in [-0.39, 0.29) is 51.3 Å². The molecule has 49 heavy (non-hydrogen) atoms. The number of benzene rings is 9. The standard InChI is InChI=1S/C48H30O/c1-3-14-31(15-4-1)34-28-35(32-16-5-2-6-17-32)30-36(29-34)45-38-20-9-11-22-40(38)46(41-23-12-10-21-39(41)45)42-24-13-25-44-47(42)43-27-26-33-18-7-8-19-37(33)48(43)49-44/h1-30H/i9D,10D,11D,12D,20D,21D,22D,23D. The van der Waals surface area contributed by atoms with E-state index in [1.807, 2.05) is 121 Å². The fourth-order valence-corrected chi connectivity index (χ4v) is 7.31. The zero-order valence-corrected chi connectivity index (χ0v) is 26.1. The monoisotopic (exact) mass is 630 g/mol. The van der Waals surface area contributed by atoms with Gasteiger partial charge in [-0.25, -0.2) is 0 Å². The summed E-state index contributed by atoms with van der Waals surface area (Å²) in [5, 5.41) is 3.96. The van der Waals surface area contributed by atoms with Crippen molar-refractivity contribution < 1.29 is 15.4 Å². The molecule has 10 rings (SSSR count). The summed E-state index contributed by atoms with van der Waals surface area (Å²) >= 11 is 0. The maximum absolute atomic E-state index is 9.56. The minimum atomic E-state index is -0.446. The highest BCUT2D eigenvalue weighted by atomic mass is 16.3. The Kier molecular flexibility index (Phi) is 4.69. The maximum atomic E-state index is 9.56. The van der Waals surface area contributed by atoms with Crippen molar-refractivity contribution in [2.45, 2.75) is 0 Å². The number of fused-ring (bicyclic) bond motifs is 7. The van der Waals surface area contributed by atoms with Gasteiger partial charge >= 0.3 is 0 Å². The van der Waals surface area contributed by atoms with Crippen molar-refractivity contribution in [1.82, 2.24) is 0 Å². The highest BCUT2D eigenvalue weighted by molar-refractivity contribution is 6.27. The number of hydrogen-bond donors (Lipinski definition) is 0. The van der Waals surface area contributed by atoms with E-state index in [0.717, 1.165) is 38.4 Å². The molecule has 0 unspecified atom stereocenters. The number of hydrogen-bond acceptors (Lipinski definition) is 1. The van der Waals surface area contributed by atoms with Gasteiger partial charge < -0.3 is 4.42 Å². The van der Waals surface area contributed by atoms with Crippen LogP contribution in [0.4, 0.5) is 0 Å². The van der Waals surface area contributed by atoms with Gasteiger partial charge in [0.2, 0.25) is 0 Å². The summed E-state index contributed by atoms with van der Waals surface area (Å²) in [6.45, 7) is 0. The van der Waals surface area contributed by atoms with Crippen molar-refractivity contribution in [1.29, 1.82) is 0 Å². The largest absolute Gasteiger partial charge is 0.455 e. The molecule has 0 saturated carbocycles. The molecule has 10 aromatic rings. The van der Waals surface area contributed by atoms with Crippen LogP contribution >= 0.6 is 0 Å². The van der Waals surface area contributed by atoms with E-state index < -0.39 is 24.2 Å². The fraction of sp³-hybridized carbons (Fsp3) is 0. The first-order valence-electron chi connectivity index (χ1n) is 20.2. The highest BCUT2D eigenvalue weighted by Crippen LogP contribution is 2.48. The van der Waals surface area contributed by atoms with Gasteiger partial charge in [0.1, 0.15) is 11.2 Å². The van der Waals surface area contributed by atoms with Gasteiger partial charge in [-0.05, 0) is 102 Å². The van der Waals surface area contributed by atoms with E-state index in [9.17, 15) is 5.48 Å². The van der Waals surface area contributed by atoms with Crippen molar-refractivity contribution in [3.63, 3.8) is 0 Å². The van der Waals surface area contributed by atoms with Crippen molar-refractivity contribution in [3.8, 4) is 44.5 Å². The second-order valence-corrected chi connectivity index (χ2v) is 12.2. The average Bonchev–Trinajstić information content (AvgIpc) is 3.65. The summed E-state index contributed by atoms with van der Waals surface area (Å²) in [6, 6.07) is 39.9. The Morgan fingerprint density at radius 2 is 0.939 bits per heavy atom. The molecule has 0 N–H and O–H groups in total. The quantitative estimate of drug-likeness (QED) is 0.176. The molecule has 9 aromatic carbocycles. The molecule has 0 saturated heterocycles. The van der Waals surface area contributed by atoms with Crippen LogP contribution < -0.4 is 0 Å². The second-order valence-electron chi connectivity index (χ2n) is 12.2. The van der Waals surface area contributed by atoms with Crippen LogP contribution in [0, 0.1) is 0 Å². The molecule has 0 radical (unpaired) electrons. The van der Waals surface area contributed by atoms with Crippen LogP contribution in [0.2, 0.25) is 0 Å². The molecule has 228 valence electrons. The van der Waals surface area contributed by atoms with E-state index in [4.69, 9.17) is 9.90 Å². The Labute approximate surface area is 295 Å². The molecular weight excluding hydrogens is 593 g/mol. The molecule has 0 fully saturated rings. The molecule has 0 aliphatic heterocycles. The van der Waals surface area contributed by atoms with Crippen LogP contribution in [0.15, 0.2) is 186 Å². The summed E-state index contributed by atoms with van der Waals surface area (Å²) in [5.74, 6) is 0. The van der Waals surface area contributed by atoms with Gasteiger partial charge in [-0.1, -0.05) is 151 Å². The Morgan fingerprint density at radius 1 is 0.388 bits per heavy atom. The summed E-state index contributed by atoms with van der Waals surface area (Å²) < 4.78 is 80.6. The third-order valence-corrected chi connectivity index (χ3v) is 9.47. The molecule has 0 aliphatic carbocycles. The van der Waals surface area contributed by atoms with E-state index in [2.05, 4.69) is 6.07 Å². The van der Waals surface area contributed by atoms with Gasteiger partial charge in [-0.15, -0.1) is 0 Å². The first-order chi connectivity index (χ1) is 27.6. The molecule has 0 spiro atoms. The van der Waals surface area contributed by atoms with Crippen LogP contribution in [0.25, 0.3) is 98.8 Å². The molecule has 0 bridgehead atoms. The van der Waals surface area contributed by atoms with E-state index in [1.165, 1.54) is 0 Å². The highest BCUT2D eigenvalue weighted by Gasteiger charge is 2.21. The van der Waals surface area contributed by atoms with Gasteiger partial charge in [0.25, 0.3) is 0 Å². The van der Waals surface area contributed by atoms with Crippen molar-refractivity contribution >= 4 is 54.3 Å². The second kappa shape index (κ2) is 11.1. The summed E-state index contributed by atoms with van der Waals surface area (Å²) in [4.78, 5) is 0. The molecule has 0 atom stereocenters. The average molecular weight is 631 g/mol. The predicted molar refractivity (Wildman–Crippen MR) is 208 cm³/mol. The number of rotatable bonds is 4. The van der Waals surface area contributed by atoms with Crippen LogP contribution in [0.3, 0.4) is 0 Å². The SMILES string of the molecule is [2H]c1c([2H])c([2H])c2c(-c3cccc4oc5c6ccccc6ccc5c34)c3c([2H])c([2H])c([2H])c([2H])c3c(-c3cc(-c4ccccc4)cc(-c4ccccc4)c3)c2c1[2H]. The zero-order chi connectivity index (χ0) is 39.3. The van der Waals surface area contributed by atoms with Crippen LogP contribution in [-0.2, 0) is 0 Å². The Hall–Kier alpha value is -6.44. The maximum Gasteiger partial charge on any atom is 0.143 e. The van der Waals surface area contributed by atoms with Gasteiger partial charge in [0.05, 0.1) is 11.0 Å². The van der Waals surface area contributed by atoms with E-state index >= 15 is 0 Å². The van der Waals surface area contributed by atoms with Crippen molar-refractivity contribution in [2.24, 2.45) is 0 Å². The van der Waals surface area contributed by atoms with E-state index in [1.54, 1.807) is 6.07 Å². The van der Waals surface area contributed by atoms with Crippen molar-refractivity contribution in [3.05, 3.63) is 182 Å². The molecule has 1 aromatic heterocycles. The predicted octanol–water partition coefficient (Wildman–Crippen LogP) is 13.7. The van der Waals surface area contributed by atoms with Crippen LogP contribution in [0.1, 0.15) is 11.0 Å². The third-order valence-electron chi connectivity index (χ3n) is 9.47. The van der Waals surface area contributed by atoms with Crippen molar-refractivity contribution in [2.75, 3.05) is 0 Å². The fourth-order valence-electron chi connectivity index (χ4n) is 7.31. The van der Waals surface area contributed by atoms with Crippen LogP contribution in [0.5, 0.6) is 0 Å². The minimum Gasteiger partial charge on any atom is -0.455 e. The minimum absolute atomic E-state index is 0.155. The smallest absolute Gasteiger partial charge is 0.143 e. The molecule has 1 heteroatoms. The lowest BCUT2D eigenvalue weighted by Gasteiger charge is -2.19. The molecule has 0 aliphatic rings. The molecule has 0 amide bonds. The normalized spacial score (nSPS) is 14.0. The summed E-state index contributed by atoms with van der Waals surface area (Å²) in [6.07, 6.45) is 0. The Morgan fingerprint density at radius 3 is 1.57 bits per heavy atom. The van der Waals surface area contributed by atoms with Gasteiger partial charge in [0.15, 0.2) is 0 Å². The number of furan rings is 1. The van der Waals surface area contributed by atoms with Gasteiger partial charge in [0, 0.05) is 16.2 Å². The third kappa shape index (κ3) is 4.40. The lowest BCUT2D eigenvalue weighted by atomic mass is 9.83. The molecular formula is C48H30O. The lowest BCUT2D eigenvalue weighted by Crippen LogP contribution is -1.92. The van der Waals surface area contributed by atoms with Gasteiger partial charge in [-0.2, -0.15) is 0 Å². The summed E-state index contributed by atoms with van der Waals surface area (Å²) in [7, 11) is 0. The van der Waals surface area contributed by atoms with Crippen LogP contribution in [-0.4, -0.2) is 0 Å². The first kappa shape index (κ1) is 20.7. The summed E-state index contributed by atoms with van der Waals surface area (Å²) in [5.41, 5.74) is 6.34. The molecule has 1 heterocycles. The molecule has 1 nitrogen and oxygen atoms in total. The Bertz CT molecular complexity index is 3180. The topological polar surface area (TPSA) is 13.1 Å². The first-order valence-corrected chi connectivity index (χ1v) is 16.2. The van der Waals surface area contributed by atoms with E-state index in [0.29, 0.717) is 33.2 Å². The Balaban J connectivity index is 1.46.